The number of para-hydroxylation sites is 1. The van der Waals surface area contributed by atoms with Crippen molar-refractivity contribution in [2.24, 2.45) is 5.92 Å². The molecular formula is C17H15ClN2O2. The van der Waals surface area contributed by atoms with Crippen molar-refractivity contribution in [1.29, 1.82) is 0 Å². The molecule has 1 unspecified atom stereocenters. The van der Waals surface area contributed by atoms with E-state index in [0.717, 1.165) is 5.69 Å². The molecular weight excluding hydrogens is 300 g/mol. The summed E-state index contributed by atoms with van der Waals surface area (Å²) in [5.74, 6) is -1.07. The van der Waals surface area contributed by atoms with E-state index in [1.165, 1.54) is 0 Å². The summed E-state index contributed by atoms with van der Waals surface area (Å²) < 4.78 is 0. The van der Waals surface area contributed by atoms with Gasteiger partial charge in [-0.15, -0.1) is 0 Å². The van der Waals surface area contributed by atoms with E-state index in [1.54, 1.807) is 29.2 Å². The predicted molar refractivity (Wildman–Crippen MR) is 87.0 cm³/mol. The van der Waals surface area contributed by atoms with Gasteiger partial charge in [0.05, 0.1) is 0 Å². The Hall–Kier alpha value is -2.33. The molecule has 22 heavy (non-hydrogen) atoms. The van der Waals surface area contributed by atoms with Crippen LogP contribution in [0.1, 0.15) is 6.42 Å². The number of carbonyl (C=O) groups is 2. The first-order valence-corrected chi connectivity index (χ1v) is 7.46. The zero-order valence-electron chi connectivity index (χ0n) is 11.8. The number of hydrogen-bond acceptors (Lipinski definition) is 2. The van der Waals surface area contributed by atoms with Crippen molar-refractivity contribution in [3.63, 3.8) is 0 Å². The number of benzene rings is 2. The first-order valence-electron chi connectivity index (χ1n) is 7.08. The van der Waals surface area contributed by atoms with E-state index >= 15 is 0 Å². The van der Waals surface area contributed by atoms with Crippen LogP contribution < -0.4 is 10.2 Å². The number of carbonyl (C=O) groups excluding carboxylic acids is 2. The highest BCUT2D eigenvalue weighted by Gasteiger charge is 2.37. The smallest absolute Gasteiger partial charge is 0.239 e. The Morgan fingerprint density at radius 2 is 1.77 bits per heavy atom. The van der Waals surface area contributed by atoms with Crippen LogP contribution in [-0.2, 0) is 9.59 Å². The number of rotatable bonds is 3. The summed E-state index contributed by atoms with van der Waals surface area (Å²) >= 11 is 5.81. The Balaban J connectivity index is 1.69. The summed E-state index contributed by atoms with van der Waals surface area (Å²) in [5.41, 5.74) is 1.47. The zero-order chi connectivity index (χ0) is 15.5. The van der Waals surface area contributed by atoms with Gasteiger partial charge in [0.15, 0.2) is 0 Å². The van der Waals surface area contributed by atoms with E-state index in [9.17, 15) is 9.59 Å². The zero-order valence-corrected chi connectivity index (χ0v) is 12.6. The summed E-state index contributed by atoms with van der Waals surface area (Å²) in [7, 11) is 0. The third-order valence-corrected chi connectivity index (χ3v) is 3.95. The van der Waals surface area contributed by atoms with Crippen molar-refractivity contribution >= 4 is 34.8 Å². The molecule has 2 aromatic carbocycles. The van der Waals surface area contributed by atoms with Crippen molar-refractivity contribution in [3.05, 3.63) is 59.6 Å². The van der Waals surface area contributed by atoms with Gasteiger partial charge >= 0.3 is 0 Å². The largest absolute Gasteiger partial charge is 0.325 e. The van der Waals surface area contributed by atoms with Gasteiger partial charge in [0.1, 0.15) is 5.92 Å². The van der Waals surface area contributed by atoms with Crippen LogP contribution in [0.15, 0.2) is 54.6 Å². The number of nitrogens with one attached hydrogen (secondary N) is 1. The van der Waals surface area contributed by atoms with Crippen molar-refractivity contribution in [2.75, 3.05) is 16.8 Å². The van der Waals surface area contributed by atoms with Crippen LogP contribution in [-0.4, -0.2) is 18.4 Å². The second-order valence-corrected chi connectivity index (χ2v) is 5.60. The molecule has 2 amide bonds. The average molecular weight is 315 g/mol. The number of hydrogen-bond donors (Lipinski definition) is 1. The summed E-state index contributed by atoms with van der Waals surface area (Å²) in [6, 6.07) is 16.2. The van der Waals surface area contributed by atoms with Crippen molar-refractivity contribution in [2.45, 2.75) is 6.42 Å². The number of amides is 2. The van der Waals surface area contributed by atoms with Gasteiger partial charge in [0, 0.05) is 22.9 Å². The van der Waals surface area contributed by atoms with Crippen LogP contribution in [0.2, 0.25) is 5.02 Å². The Kier molecular flexibility index (Phi) is 4.11. The van der Waals surface area contributed by atoms with Gasteiger partial charge in [-0.25, -0.2) is 0 Å². The maximum absolute atomic E-state index is 12.4. The molecule has 1 saturated heterocycles. The lowest BCUT2D eigenvalue weighted by atomic mass is 10.1. The van der Waals surface area contributed by atoms with E-state index in [2.05, 4.69) is 5.32 Å². The summed E-state index contributed by atoms with van der Waals surface area (Å²) in [6.07, 6.45) is 0.521. The van der Waals surface area contributed by atoms with Gasteiger partial charge in [0.2, 0.25) is 11.8 Å². The fraction of sp³-hybridized carbons (Fsp3) is 0.176. The molecule has 1 aliphatic heterocycles. The highest BCUT2D eigenvalue weighted by molar-refractivity contribution is 6.30. The molecule has 4 nitrogen and oxygen atoms in total. The molecule has 1 atom stereocenters. The van der Waals surface area contributed by atoms with Crippen molar-refractivity contribution in [3.8, 4) is 0 Å². The minimum absolute atomic E-state index is 0.155. The molecule has 0 radical (unpaired) electrons. The lowest BCUT2D eigenvalue weighted by Gasteiger charge is -2.16. The third kappa shape index (κ3) is 2.97. The Morgan fingerprint density at radius 1 is 1.09 bits per heavy atom. The molecule has 1 heterocycles. The SMILES string of the molecule is O=C(Nc1ccc(Cl)cc1)C1CCN(c2ccccc2)C1=O. The Labute approximate surface area is 133 Å². The molecule has 0 spiro atoms. The summed E-state index contributed by atoms with van der Waals surface area (Å²) in [4.78, 5) is 26.4. The molecule has 1 fully saturated rings. The Morgan fingerprint density at radius 3 is 2.45 bits per heavy atom. The van der Waals surface area contributed by atoms with E-state index in [1.807, 2.05) is 30.3 Å². The van der Waals surface area contributed by atoms with Gasteiger partial charge in [-0.05, 0) is 42.8 Å². The van der Waals surface area contributed by atoms with Crippen LogP contribution in [0.25, 0.3) is 0 Å². The number of nitrogens with zero attached hydrogens (tertiary/aromatic N) is 1. The van der Waals surface area contributed by atoms with E-state index in [4.69, 9.17) is 11.6 Å². The van der Waals surface area contributed by atoms with Crippen molar-refractivity contribution in [1.82, 2.24) is 0 Å². The molecule has 0 saturated carbocycles. The van der Waals surface area contributed by atoms with Crippen LogP contribution in [0.5, 0.6) is 0 Å². The molecule has 0 aliphatic carbocycles. The molecule has 112 valence electrons. The molecule has 1 aliphatic rings. The summed E-state index contributed by atoms with van der Waals surface area (Å²) in [6.45, 7) is 0.557. The normalized spacial score (nSPS) is 17.6. The highest BCUT2D eigenvalue weighted by atomic mass is 35.5. The predicted octanol–water partition coefficient (Wildman–Crippen LogP) is 3.33. The highest BCUT2D eigenvalue weighted by Crippen LogP contribution is 2.26. The molecule has 1 N–H and O–H groups in total. The number of halogens is 1. The standard InChI is InChI=1S/C17H15ClN2O2/c18-12-6-8-13(9-7-12)19-16(21)15-10-11-20(17(15)22)14-4-2-1-3-5-14/h1-9,15H,10-11H2,(H,19,21). The third-order valence-electron chi connectivity index (χ3n) is 3.70. The maximum atomic E-state index is 12.4. The monoisotopic (exact) mass is 314 g/mol. The van der Waals surface area contributed by atoms with E-state index in [0.29, 0.717) is 23.7 Å². The van der Waals surface area contributed by atoms with Gasteiger partial charge in [-0.2, -0.15) is 0 Å². The molecule has 3 rings (SSSR count). The minimum atomic E-state index is -0.643. The van der Waals surface area contributed by atoms with Gasteiger partial charge in [0.25, 0.3) is 0 Å². The molecule has 2 aromatic rings. The first-order chi connectivity index (χ1) is 10.6. The maximum Gasteiger partial charge on any atom is 0.239 e. The lowest BCUT2D eigenvalue weighted by molar-refractivity contribution is -0.129. The lowest BCUT2D eigenvalue weighted by Crippen LogP contribution is -2.32. The van der Waals surface area contributed by atoms with Crippen LogP contribution >= 0.6 is 11.6 Å². The second kappa shape index (κ2) is 6.20. The Bertz CT molecular complexity index is 686. The topological polar surface area (TPSA) is 49.4 Å². The number of anilines is 2. The van der Waals surface area contributed by atoms with Crippen LogP contribution in [0.4, 0.5) is 11.4 Å². The van der Waals surface area contributed by atoms with E-state index < -0.39 is 5.92 Å². The molecule has 5 heteroatoms. The minimum Gasteiger partial charge on any atom is -0.325 e. The van der Waals surface area contributed by atoms with Crippen LogP contribution in [0.3, 0.4) is 0 Å². The fourth-order valence-electron chi connectivity index (χ4n) is 2.55. The average Bonchev–Trinajstić information content (AvgIpc) is 2.92. The second-order valence-electron chi connectivity index (χ2n) is 5.16. The van der Waals surface area contributed by atoms with Crippen LogP contribution in [0, 0.1) is 5.92 Å². The summed E-state index contributed by atoms with van der Waals surface area (Å²) in [5, 5.41) is 3.37. The van der Waals surface area contributed by atoms with Gasteiger partial charge < -0.3 is 10.2 Å². The molecule has 0 bridgehead atoms. The molecule has 0 aromatic heterocycles. The van der Waals surface area contributed by atoms with Gasteiger partial charge in [-0.3, -0.25) is 9.59 Å². The fourth-order valence-corrected chi connectivity index (χ4v) is 2.68. The van der Waals surface area contributed by atoms with Gasteiger partial charge in [-0.1, -0.05) is 29.8 Å². The van der Waals surface area contributed by atoms with Crippen molar-refractivity contribution < 1.29 is 9.59 Å². The quantitative estimate of drug-likeness (QED) is 0.883. The first kappa shape index (κ1) is 14.6. The van der Waals surface area contributed by atoms with E-state index in [-0.39, 0.29) is 11.8 Å².